The molecule has 7 rings (SSSR count). The van der Waals surface area contributed by atoms with E-state index in [4.69, 9.17) is 0 Å². The Hall–Kier alpha value is -4.56. The van der Waals surface area contributed by atoms with Crippen LogP contribution < -0.4 is 10.2 Å². The van der Waals surface area contributed by atoms with Crippen LogP contribution in [0.25, 0.3) is 21.5 Å². The maximum Gasteiger partial charge on any atom is 0.0485 e. The molecule has 1 aliphatic heterocycles. The van der Waals surface area contributed by atoms with E-state index >= 15 is 0 Å². The van der Waals surface area contributed by atoms with E-state index in [-0.39, 0.29) is 17.9 Å². The highest BCUT2D eigenvalue weighted by Crippen LogP contribution is 2.53. The quantitative estimate of drug-likeness (QED) is 0.245. The van der Waals surface area contributed by atoms with Gasteiger partial charge in [-0.2, -0.15) is 0 Å². The van der Waals surface area contributed by atoms with Crippen LogP contribution in [0.3, 0.4) is 0 Å². The van der Waals surface area contributed by atoms with Crippen LogP contribution in [0.4, 0.5) is 11.4 Å². The van der Waals surface area contributed by atoms with Crippen LogP contribution in [-0.2, 0) is 6.42 Å². The Morgan fingerprint density at radius 2 is 1.23 bits per heavy atom. The molecule has 0 spiro atoms. The van der Waals surface area contributed by atoms with Gasteiger partial charge in [0.15, 0.2) is 0 Å². The van der Waals surface area contributed by atoms with Crippen molar-refractivity contribution in [3.63, 3.8) is 0 Å². The molecule has 40 heavy (non-hydrogen) atoms. The molecule has 0 aromatic heterocycles. The molecule has 1 heterocycles. The second kappa shape index (κ2) is 10.2. The lowest BCUT2D eigenvalue weighted by Crippen LogP contribution is -2.45. The molecule has 0 bridgehead atoms. The van der Waals surface area contributed by atoms with Gasteiger partial charge in [-0.25, -0.2) is 0 Å². The molecule has 0 aliphatic carbocycles. The SMILES string of the molecule is CNc1ccc([C@@H]2c3ccc4ccccc4c3N(C)[C@@H](Cc3ccccc3)[C@@H]2c2ccccc2)c2ccccc12. The molecule has 1 aliphatic rings. The monoisotopic (exact) mass is 518 g/mol. The molecule has 2 heteroatoms. The minimum atomic E-state index is 0.197. The van der Waals surface area contributed by atoms with E-state index in [9.17, 15) is 0 Å². The highest BCUT2D eigenvalue weighted by molar-refractivity contribution is 6.00. The predicted molar refractivity (Wildman–Crippen MR) is 171 cm³/mol. The van der Waals surface area contributed by atoms with E-state index in [0.717, 1.165) is 6.42 Å². The fraction of sp³-hybridized carbons (Fsp3) is 0.158. The lowest BCUT2D eigenvalue weighted by molar-refractivity contribution is 0.445. The van der Waals surface area contributed by atoms with Gasteiger partial charge in [0.2, 0.25) is 0 Å². The van der Waals surface area contributed by atoms with Crippen LogP contribution >= 0.6 is 0 Å². The van der Waals surface area contributed by atoms with Gasteiger partial charge in [0.25, 0.3) is 0 Å². The van der Waals surface area contributed by atoms with E-state index in [1.807, 2.05) is 7.05 Å². The highest BCUT2D eigenvalue weighted by atomic mass is 15.2. The molecule has 0 radical (unpaired) electrons. The number of hydrogen-bond acceptors (Lipinski definition) is 2. The normalized spacial score (nSPS) is 18.6. The molecule has 3 atom stereocenters. The smallest absolute Gasteiger partial charge is 0.0485 e. The fourth-order valence-corrected chi connectivity index (χ4v) is 7.12. The van der Waals surface area contributed by atoms with Crippen molar-refractivity contribution >= 4 is 32.9 Å². The number of benzene rings is 6. The summed E-state index contributed by atoms with van der Waals surface area (Å²) in [6.07, 6.45) is 0.975. The first kappa shape index (κ1) is 24.5. The Morgan fingerprint density at radius 1 is 0.600 bits per heavy atom. The van der Waals surface area contributed by atoms with Crippen LogP contribution in [0, 0.1) is 0 Å². The molecule has 1 N–H and O–H groups in total. The molecule has 0 amide bonds. The number of nitrogens with one attached hydrogen (secondary N) is 1. The predicted octanol–water partition coefficient (Wildman–Crippen LogP) is 9.01. The zero-order chi connectivity index (χ0) is 27.1. The molecule has 0 unspecified atom stereocenters. The average molecular weight is 519 g/mol. The number of anilines is 2. The van der Waals surface area contributed by atoms with Gasteiger partial charge in [-0.05, 0) is 45.5 Å². The molecule has 2 nitrogen and oxygen atoms in total. The lowest BCUT2D eigenvalue weighted by Gasteiger charge is -2.48. The summed E-state index contributed by atoms with van der Waals surface area (Å²) in [4.78, 5) is 2.59. The Balaban J connectivity index is 1.55. The molecular weight excluding hydrogens is 484 g/mol. The van der Waals surface area contributed by atoms with Crippen molar-refractivity contribution in [2.75, 3.05) is 24.3 Å². The summed E-state index contributed by atoms with van der Waals surface area (Å²) in [7, 11) is 4.33. The third-order valence-corrected chi connectivity index (χ3v) is 8.93. The summed E-state index contributed by atoms with van der Waals surface area (Å²) >= 11 is 0. The summed E-state index contributed by atoms with van der Waals surface area (Å²) in [6.45, 7) is 0. The molecule has 196 valence electrons. The third-order valence-electron chi connectivity index (χ3n) is 8.93. The van der Waals surface area contributed by atoms with Crippen molar-refractivity contribution in [1.29, 1.82) is 0 Å². The van der Waals surface area contributed by atoms with Crippen molar-refractivity contribution in [3.05, 3.63) is 156 Å². The van der Waals surface area contributed by atoms with Gasteiger partial charge in [0.1, 0.15) is 0 Å². The second-order valence-corrected chi connectivity index (χ2v) is 11.0. The van der Waals surface area contributed by atoms with E-state index < -0.39 is 0 Å². The summed E-state index contributed by atoms with van der Waals surface area (Å²) in [5, 5.41) is 8.64. The molecule has 0 saturated carbocycles. The Labute approximate surface area is 236 Å². The number of hydrogen-bond donors (Lipinski definition) is 1. The van der Waals surface area contributed by atoms with E-state index in [1.54, 1.807) is 0 Å². The fourth-order valence-electron chi connectivity index (χ4n) is 7.12. The number of rotatable bonds is 5. The van der Waals surface area contributed by atoms with Crippen molar-refractivity contribution in [2.45, 2.75) is 24.3 Å². The van der Waals surface area contributed by atoms with Crippen LogP contribution in [0.5, 0.6) is 0 Å². The third kappa shape index (κ3) is 4.03. The minimum absolute atomic E-state index is 0.197. The van der Waals surface area contributed by atoms with E-state index in [0.29, 0.717) is 0 Å². The maximum atomic E-state index is 3.43. The zero-order valence-electron chi connectivity index (χ0n) is 23.1. The minimum Gasteiger partial charge on any atom is -0.388 e. The average Bonchev–Trinajstić information content (AvgIpc) is 3.02. The summed E-state index contributed by atoms with van der Waals surface area (Å²) < 4.78 is 0. The van der Waals surface area contributed by atoms with Gasteiger partial charge in [-0.3, -0.25) is 0 Å². The molecule has 6 aromatic rings. The van der Waals surface area contributed by atoms with Gasteiger partial charge in [-0.15, -0.1) is 0 Å². The summed E-state index contributed by atoms with van der Waals surface area (Å²) in [5.41, 5.74) is 8.09. The van der Waals surface area contributed by atoms with Gasteiger partial charge < -0.3 is 10.2 Å². The topological polar surface area (TPSA) is 15.3 Å². The van der Waals surface area contributed by atoms with Crippen molar-refractivity contribution in [3.8, 4) is 0 Å². The molecule has 0 saturated heterocycles. The molecule has 0 fully saturated rings. The van der Waals surface area contributed by atoms with E-state index in [1.165, 1.54) is 55.2 Å². The first-order valence-corrected chi connectivity index (χ1v) is 14.3. The van der Waals surface area contributed by atoms with Crippen LogP contribution in [-0.4, -0.2) is 20.1 Å². The van der Waals surface area contributed by atoms with Crippen LogP contribution in [0.15, 0.2) is 133 Å². The Kier molecular flexibility index (Phi) is 6.24. The maximum absolute atomic E-state index is 3.43. The number of fused-ring (bicyclic) bond motifs is 4. The van der Waals surface area contributed by atoms with Gasteiger partial charge in [0.05, 0.1) is 0 Å². The van der Waals surface area contributed by atoms with Gasteiger partial charge in [-0.1, -0.05) is 127 Å². The second-order valence-electron chi connectivity index (χ2n) is 11.0. The number of nitrogens with zero attached hydrogens (tertiary/aromatic N) is 1. The zero-order valence-corrected chi connectivity index (χ0v) is 23.1. The van der Waals surface area contributed by atoms with Crippen LogP contribution in [0.2, 0.25) is 0 Å². The molecule has 6 aromatic carbocycles. The van der Waals surface area contributed by atoms with Gasteiger partial charge in [0, 0.05) is 54.1 Å². The first-order chi connectivity index (χ1) is 19.7. The lowest BCUT2D eigenvalue weighted by atomic mass is 9.67. The van der Waals surface area contributed by atoms with Crippen molar-refractivity contribution in [1.82, 2.24) is 0 Å². The highest BCUT2D eigenvalue weighted by Gasteiger charge is 2.42. The Morgan fingerprint density at radius 3 is 1.98 bits per heavy atom. The number of likely N-dealkylation sites (N-methyl/N-ethyl adjacent to an activating group) is 1. The van der Waals surface area contributed by atoms with Crippen molar-refractivity contribution < 1.29 is 0 Å². The van der Waals surface area contributed by atoms with Crippen LogP contribution in [0.1, 0.15) is 34.1 Å². The van der Waals surface area contributed by atoms with Gasteiger partial charge >= 0.3 is 0 Å². The standard InChI is InChI=1S/C38H34N2/c1-39-34-24-23-32(30-19-11-12-20-31(30)34)37-33-22-21-27-15-9-10-18-29(27)38(33)40(2)35(25-26-13-5-3-6-14-26)36(37)28-16-7-4-8-17-28/h3-24,35-37,39H,25H2,1-2H3/t35-,36-,37+/m0/s1. The van der Waals surface area contributed by atoms with E-state index in [2.05, 4.69) is 151 Å². The summed E-state index contributed by atoms with van der Waals surface area (Å²) in [6, 6.07) is 49.6. The largest absolute Gasteiger partial charge is 0.388 e. The first-order valence-electron chi connectivity index (χ1n) is 14.3. The Bertz CT molecular complexity index is 1790. The van der Waals surface area contributed by atoms with Crippen molar-refractivity contribution in [2.24, 2.45) is 0 Å². The summed E-state index contributed by atoms with van der Waals surface area (Å²) in [5.74, 6) is 0.464. The molecular formula is C38H34N2.